The lowest BCUT2D eigenvalue weighted by Gasteiger charge is -2.38. The molecule has 1 spiro atoms. The van der Waals surface area contributed by atoms with Gasteiger partial charge in [-0.3, -0.25) is 14.4 Å². The van der Waals surface area contributed by atoms with Crippen molar-refractivity contribution in [2.45, 2.75) is 50.0 Å². The molecule has 1 aromatic carbocycles. The monoisotopic (exact) mass is 502 g/mol. The Labute approximate surface area is 210 Å². The number of aliphatic hydroxyl groups excluding tert-OH is 1. The SMILES string of the molecule is C=CCCOC(=O)[C@@H]1[C@@H]2CCC3(O2)C(C(=O)N(CC=C)c2ccc(Cl)cc2)N([C@H](C)CO)C(=O)[C@H]13. The summed E-state index contributed by atoms with van der Waals surface area (Å²) in [6.07, 6.45) is 4.25. The molecule has 3 aliphatic heterocycles. The molecular formula is C26H31ClN2O6. The van der Waals surface area contributed by atoms with Crippen molar-refractivity contribution in [2.75, 3.05) is 24.7 Å². The zero-order valence-corrected chi connectivity index (χ0v) is 20.5. The van der Waals surface area contributed by atoms with E-state index in [1.165, 1.54) is 9.80 Å². The predicted octanol–water partition coefficient (Wildman–Crippen LogP) is 2.73. The number of esters is 1. The number of rotatable bonds is 10. The highest BCUT2D eigenvalue weighted by molar-refractivity contribution is 6.30. The molecule has 0 radical (unpaired) electrons. The molecule has 2 amide bonds. The van der Waals surface area contributed by atoms with E-state index in [0.29, 0.717) is 30.0 Å². The first-order chi connectivity index (χ1) is 16.8. The third-order valence-electron chi connectivity index (χ3n) is 7.27. The Morgan fingerprint density at radius 3 is 2.69 bits per heavy atom. The summed E-state index contributed by atoms with van der Waals surface area (Å²) in [5, 5.41) is 10.5. The number of aliphatic hydroxyl groups is 1. The zero-order valence-electron chi connectivity index (χ0n) is 19.8. The minimum Gasteiger partial charge on any atom is -0.465 e. The number of anilines is 1. The fourth-order valence-corrected chi connectivity index (χ4v) is 5.89. The van der Waals surface area contributed by atoms with Crippen LogP contribution >= 0.6 is 11.6 Å². The van der Waals surface area contributed by atoms with Gasteiger partial charge in [0.25, 0.3) is 5.91 Å². The van der Waals surface area contributed by atoms with Gasteiger partial charge in [-0.25, -0.2) is 0 Å². The number of fused-ring (bicyclic) bond motifs is 1. The molecule has 1 aromatic rings. The topological polar surface area (TPSA) is 96.4 Å². The van der Waals surface area contributed by atoms with Crippen LogP contribution < -0.4 is 4.90 Å². The third-order valence-corrected chi connectivity index (χ3v) is 7.52. The normalized spacial score (nSPS) is 29.6. The van der Waals surface area contributed by atoms with Crippen molar-refractivity contribution in [2.24, 2.45) is 11.8 Å². The van der Waals surface area contributed by atoms with Crippen molar-refractivity contribution in [3.8, 4) is 0 Å². The van der Waals surface area contributed by atoms with Gasteiger partial charge in [0.1, 0.15) is 11.6 Å². The fraction of sp³-hybridized carbons (Fsp3) is 0.500. The first-order valence-corrected chi connectivity index (χ1v) is 12.2. The van der Waals surface area contributed by atoms with E-state index in [-0.39, 0.29) is 31.6 Å². The molecule has 4 rings (SSSR count). The summed E-state index contributed by atoms with van der Waals surface area (Å²) in [4.78, 5) is 43.9. The number of carbonyl (C=O) groups excluding carboxylic acids is 3. The molecule has 1 N–H and O–H groups in total. The van der Waals surface area contributed by atoms with Crippen LogP contribution in [0.1, 0.15) is 26.2 Å². The molecule has 35 heavy (non-hydrogen) atoms. The minimum absolute atomic E-state index is 0.169. The van der Waals surface area contributed by atoms with E-state index < -0.39 is 41.6 Å². The molecule has 2 unspecified atom stereocenters. The number of hydrogen-bond acceptors (Lipinski definition) is 6. The first-order valence-electron chi connectivity index (χ1n) is 11.9. The summed E-state index contributed by atoms with van der Waals surface area (Å²) in [6, 6.07) is 5.16. The van der Waals surface area contributed by atoms with Crippen LogP contribution in [-0.4, -0.2) is 71.3 Å². The number of hydrogen-bond donors (Lipinski definition) is 1. The van der Waals surface area contributed by atoms with Crippen molar-refractivity contribution in [1.29, 1.82) is 0 Å². The van der Waals surface area contributed by atoms with Gasteiger partial charge in [0, 0.05) is 17.3 Å². The zero-order chi connectivity index (χ0) is 25.3. The summed E-state index contributed by atoms with van der Waals surface area (Å²) in [7, 11) is 0. The molecule has 9 heteroatoms. The quantitative estimate of drug-likeness (QED) is 0.300. The molecule has 0 aromatic heterocycles. The second-order valence-corrected chi connectivity index (χ2v) is 9.73. The van der Waals surface area contributed by atoms with Crippen LogP contribution in [0.25, 0.3) is 0 Å². The van der Waals surface area contributed by atoms with E-state index >= 15 is 0 Å². The average molecular weight is 503 g/mol. The van der Waals surface area contributed by atoms with E-state index in [2.05, 4.69) is 13.2 Å². The molecule has 8 nitrogen and oxygen atoms in total. The van der Waals surface area contributed by atoms with Crippen molar-refractivity contribution in [3.63, 3.8) is 0 Å². The van der Waals surface area contributed by atoms with Crippen LogP contribution in [-0.2, 0) is 23.9 Å². The number of amides is 2. The molecule has 3 aliphatic rings. The maximum atomic E-state index is 14.2. The lowest BCUT2D eigenvalue weighted by atomic mass is 9.70. The Balaban J connectivity index is 1.74. The molecule has 3 saturated heterocycles. The second kappa shape index (κ2) is 10.1. The van der Waals surface area contributed by atoms with E-state index in [4.69, 9.17) is 21.1 Å². The van der Waals surface area contributed by atoms with Crippen molar-refractivity contribution >= 4 is 35.1 Å². The highest BCUT2D eigenvalue weighted by Gasteiger charge is 2.75. The van der Waals surface area contributed by atoms with Crippen LogP contribution in [0, 0.1) is 11.8 Å². The lowest BCUT2D eigenvalue weighted by Crippen LogP contribution is -2.58. The van der Waals surface area contributed by atoms with Crippen molar-refractivity contribution in [1.82, 2.24) is 4.90 Å². The van der Waals surface area contributed by atoms with Gasteiger partial charge < -0.3 is 24.4 Å². The standard InChI is InChI=1S/C26H31ClN2O6/c1-4-6-14-34-25(33)20-19-11-12-26(35-19)21(20)23(31)29(16(3)15-30)22(26)24(32)28(13-5-2)18-9-7-17(27)8-10-18/h4-5,7-10,16,19-22,30H,1-2,6,11-15H2,3H3/t16-,19+,20-,21+,22?,26?/m1/s1. The highest BCUT2D eigenvalue weighted by atomic mass is 35.5. The van der Waals surface area contributed by atoms with Crippen LogP contribution in [0.4, 0.5) is 5.69 Å². The smallest absolute Gasteiger partial charge is 0.312 e. The fourth-order valence-electron chi connectivity index (χ4n) is 5.76. The molecule has 0 saturated carbocycles. The van der Waals surface area contributed by atoms with Crippen LogP contribution in [0.3, 0.4) is 0 Å². The summed E-state index contributed by atoms with van der Waals surface area (Å²) in [5.41, 5.74) is -0.577. The molecule has 188 valence electrons. The van der Waals surface area contributed by atoms with Crippen molar-refractivity contribution < 1.29 is 29.0 Å². The Morgan fingerprint density at radius 1 is 1.34 bits per heavy atom. The lowest BCUT2D eigenvalue weighted by molar-refractivity contribution is -0.155. The summed E-state index contributed by atoms with van der Waals surface area (Å²) in [6.45, 7) is 9.12. The Hall–Kier alpha value is -2.68. The maximum Gasteiger partial charge on any atom is 0.312 e. The number of likely N-dealkylation sites (tertiary alicyclic amines) is 1. The van der Waals surface area contributed by atoms with Crippen LogP contribution in [0.2, 0.25) is 5.02 Å². The Bertz CT molecular complexity index is 1010. The molecule has 6 atom stereocenters. The first kappa shape index (κ1) is 25.4. The van der Waals surface area contributed by atoms with E-state index in [9.17, 15) is 19.5 Å². The summed E-state index contributed by atoms with van der Waals surface area (Å²) < 4.78 is 11.8. The van der Waals surface area contributed by atoms with Gasteiger partial charge in [0.2, 0.25) is 5.91 Å². The van der Waals surface area contributed by atoms with Gasteiger partial charge in [0.05, 0.1) is 37.2 Å². The van der Waals surface area contributed by atoms with Gasteiger partial charge in [-0.15, -0.1) is 13.2 Å². The van der Waals surface area contributed by atoms with Gasteiger partial charge in [0.15, 0.2) is 0 Å². The second-order valence-electron chi connectivity index (χ2n) is 9.29. The van der Waals surface area contributed by atoms with Crippen LogP contribution in [0.15, 0.2) is 49.6 Å². The molecule has 2 bridgehead atoms. The number of halogens is 1. The van der Waals surface area contributed by atoms with Crippen LogP contribution in [0.5, 0.6) is 0 Å². The largest absolute Gasteiger partial charge is 0.465 e. The predicted molar refractivity (Wildman–Crippen MR) is 131 cm³/mol. The molecule has 3 fully saturated rings. The van der Waals surface area contributed by atoms with E-state index in [1.807, 2.05) is 0 Å². The molecular weight excluding hydrogens is 472 g/mol. The number of benzene rings is 1. The van der Waals surface area contributed by atoms with Gasteiger partial charge in [-0.1, -0.05) is 23.8 Å². The minimum atomic E-state index is -1.17. The number of ether oxygens (including phenoxy) is 2. The van der Waals surface area contributed by atoms with Crippen molar-refractivity contribution in [3.05, 3.63) is 54.6 Å². The highest BCUT2D eigenvalue weighted by Crippen LogP contribution is 2.59. The Morgan fingerprint density at radius 2 is 2.06 bits per heavy atom. The third kappa shape index (κ3) is 4.17. The molecule has 0 aliphatic carbocycles. The van der Waals surface area contributed by atoms with Gasteiger partial charge in [-0.2, -0.15) is 0 Å². The van der Waals surface area contributed by atoms with Gasteiger partial charge in [-0.05, 0) is 50.5 Å². The van der Waals surface area contributed by atoms with Gasteiger partial charge >= 0.3 is 5.97 Å². The number of nitrogens with zero attached hydrogens (tertiary/aromatic N) is 2. The van der Waals surface area contributed by atoms with E-state index in [0.717, 1.165) is 0 Å². The summed E-state index contributed by atoms with van der Waals surface area (Å²) in [5.74, 6) is -2.87. The summed E-state index contributed by atoms with van der Waals surface area (Å²) >= 11 is 6.04. The molecule has 3 heterocycles. The van der Waals surface area contributed by atoms with E-state index in [1.54, 1.807) is 43.3 Å². The average Bonchev–Trinajstić information content (AvgIpc) is 3.50. The Kier molecular flexibility index (Phi) is 7.35. The maximum absolute atomic E-state index is 14.2. The number of carbonyl (C=O) groups is 3.